The van der Waals surface area contributed by atoms with Crippen LogP contribution in [0.5, 0.6) is 0 Å². The van der Waals surface area contributed by atoms with Crippen molar-refractivity contribution in [2.24, 2.45) is 16.4 Å². The lowest BCUT2D eigenvalue weighted by molar-refractivity contribution is -0.114. The number of allylic oxidation sites excluding steroid dienone is 1. The van der Waals surface area contributed by atoms with E-state index >= 15 is 0 Å². The van der Waals surface area contributed by atoms with E-state index in [-0.39, 0.29) is 11.3 Å². The minimum Gasteiger partial charge on any atom is -0.315 e. The molecule has 0 aromatic rings. The molecule has 2 rings (SSSR count). The molecular weight excluding hydrogens is 314 g/mol. The Labute approximate surface area is 152 Å². The third-order valence-electron chi connectivity index (χ3n) is 5.31. The number of likely N-dealkylation sites (tertiary alicyclic amines) is 1. The summed E-state index contributed by atoms with van der Waals surface area (Å²) in [7, 11) is 2.07. The van der Waals surface area contributed by atoms with Gasteiger partial charge in [0.05, 0.1) is 6.67 Å². The summed E-state index contributed by atoms with van der Waals surface area (Å²) in [4.78, 5) is 16.0. The monoisotopic (exact) mass is 347 g/mol. The fourth-order valence-electron chi connectivity index (χ4n) is 3.65. The molecular formula is C19H33N5O. The molecule has 2 aliphatic heterocycles. The van der Waals surface area contributed by atoms with E-state index in [0.717, 1.165) is 58.6 Å². The van der Waals surface area contributed by atoms with Crippen molar-refractivity contribution in [2.75, 3.05) is 53.0 Å². The second-order valence-corrected chi connectivity index (χ2v) is 7.50. The summed E-state index contributed by atoms with van der Waals surface area (Å²) < 4.78 is 0. The van der Waals surface area contributed by atoms with Gasteiger partial charge in [-0.05, 0) is 27.3 Å². The van der Waals surface area contributed by atoms with Gasteiger partial charge in [0.1, 0.15) is 6.29 Å². The number of hydrogen-bond acceptors (Lipinski definition) is 6. The molecule has 25 heavy (non-hydrogen) atoms. The second kappa shape index (κ2) is 9.27. The average Bonchev–Trinajstić information content (AvgIpc) is 2.97. The predicted octanol–water partition coefficient (Wildman–Crippen LogP) is 1.38. The van der Waals surface area contributed by atoms with Crippen LogP contribution in [0, 0.1) is 11.3 Å². The third kappa shape index (κ3) is 5.23. The first-order chi connectivity index (χ1) is 12.0. The van der Waals surface area contributed by atoms with Crippen LogP contribution in [0.2, 0.25) is 0 Å². The van der Waals surface area contributed by atoms with E-state index in [1.54, 1.807) is 0 Å². The molecule has 0 radical (unpaired) electrons. The molecule has 6 heteroatoms. The van der Waals surface area contributed by atoms with Gasteiger partial charge in [0, 0.05) is 63.5 Å². The molecule has 1 atom stereocenters. The van der Waals surface area contributed by atoms with Crippen LogP contribution in [0.25, 0.3) is 0 Å². The minimum atomic E-state index is 0.185. The molecule has 0 aliphatic carbocycles. The Morgan fingerprint density at radius 2 is 2.24 bits per heavy atom. The number of hydrogen-bond donors (Lipinski definition) is 1. The lowest BCUT2D eigenvalue weighted by Crippen LogP contribution is -2.58. The molecule has 0 aromatic heterocycles. The molecule has 1 N–H and O–H groups in total. The lowest BCUT2D eigenvalue weighted by atomic mass is 9.74. The molecule has 6 nitrogen and oxygen atoms in total. The Morgan fingerprint density at radius 1 is 1.48 bits per heavy atom. The van der Waals surface area contributed by atoms with Crippen molar-refractivity contribution in [1.82, 2.24) is 20.1 Å². The van der Waals surface area contributed by atoms with Crippen LogP contribution in [0.15, 0.2) is 29.0 Å². The number of rotatable bonds is 10. The smallest absolute Gasteiger partial charge is 0.125 e. The Balaban J connectivity index is 1.80. The van der Waals surface area contributed by atoms with Crippen LogP contribution in [0.1, 0.15) is 20.3 Å². The van der Waals surface area contributed by atoms with Gasteiger partial charge in [-0.25, -0.2) is 0 Å². The highest BCUT2D eigenvalue weighted by molar-refractivity contribution is 5.57. The third-order valence-corrected chi connectivity index (χ3v) is 5.31. The van der Waals surface area contributed by atoms with E-state index in [0.29, 0.717) is 0 Å². The van der Waals surface area contributed by atoms with Gasteiger partial charge in [-0.15, -0.1) is 0 Å². The summed E-state index contributed by atoms with van der Waals surface area (Å²) in [6.07, 6.45) is 8.40. The zero-order valence-corrected chi connectivity index (χ0v) is 15.9. The van der Waals surface area contributed by atoms with Gasteiger partial charge in [0.2, 0.25) is 0 Å². The van der Waals surface area contributed by atoms with Gasteiger partial charge in [-0.2, -0.15) is 5.10 Å². The molecule has 140 valence electrons. The van der Waals surface area contributed by atoms with Crippen LogP contribution in [0.3, 0.4) is 0 Å². The fourth-order valence-corrected chi connectivity index (χ4v) is 3.65. The van der Waals surface area contributed by atoms with Gasteiger partial charge >= 0.3 is 0 Å². The van der Waals surface area contributed by atoms with Crippen molar-refractivity contribution in [3.8, 4) is 0 Å². The standard InChI is InChI=1S/C19H33N5O/c1-5-6-8-22(4)16-24(20-3)10-17(2)7-9-23-11-18(12-25)19(15-23)13-21-14-19/h5-6,10,12,18,21H,3,7-9,11,13-16H2,1-2,4H3/b6-5-,17-10+/t18-/m0/s1. The van der Waals surface area contributed by atoms with E-state index in [2.05, 4.69) is 59.3 Å². The molecule has 2 heterocycles. The van der Waals surface area contributed by atoms with E-state index in [1.807, 2.05) is 11.9 Å². The van der Waals surface area contributed by atoms with Crippen molar-refractivity contribution in [1.29, 1.82) is 0 Å². The van der Waals surface area contributed by atoms with Gasteiger partial charge < -0.3 is 15.0 Å². The highest BCUT2D eigenvalue weighted by Gasteiger charge is 2.50. The highest BCUT2D eigenvalue weighted by Crippen LogP contribution is 2.38. The summed E-state index contributed by atoms with van der Waals surface area (Å²) in [5.41, 5.74) is 1.48. The maximum Gasteiger partial charge on any atom is 0.125 e. The van der Waals surface area contributed by atoms with Crippen molar-refractivity contribution in [3.05, 3.63) is 23.9 Å². The molecule has 0 amide bonds. The lowest BCUT2D eigenvalue weighted by Gasteiger charge is -2.41. The quantitative estimate of drug-likeness (QED) is 0.213. The number of nitrogens with one attached hydrogen (secondary N) is 1. The Bertz CT molecular complexity index is 512. The number of hydrazone groups is 1. The summed E-state index contributed by atoms with van der Waals surface area (Å²) in [6, 6.07) is 0. The molecule has 0 bridgehead atoms. The maximum absolute atomic E-state index is 11.4. The Morgan fingerprint density at radius 3 is 2.76 bits per heavy atom. The molecule has 2 fully saturated rings. The predicted molar refractivity (Wildman–Crippen MR) is 103 cm³/mol. The summed E-state index contributed by atoms with van der Waals surface area (Å²) in [5, 5.41) is 9.31. The molecule has 2 aliphatic rings. The minimum absolute atomic E-state index is 0.185. The summed E-state index contributed by atoms with van der Waals surface area (Å²) >= 11 is 0. The van der Waals surface area contributed by atoms with E-state index in [1.165, 1.54) is 5.57 Å². The number of likely N-dealkylation sites (N-methyl/N-ethyl adjacent to an activating group) is 1. The molecule has 1 spiro atoms. The Hall–Kier alpha value is -1.50. The van der Waals surface area contributed by atoms with Crippen LogP contribution < -0.4 is 5.32 Å². The normalized spacial score (nSPS) is 23.4. The van der Waals surface area contributed by atoms with E-state index in [4.69, 9.17) is 0 Å². The summed E-state index contributed by atoms with van der Waals surface area (Å²) in [6.45, 7) is 14.3. The van der Waals surface area contributed by atoms with Gasteiger partial charge in [-0.1, -0.05) is 17.7 Å². The molecule has 0 aromatic carbocycles. The van der Waals surface area contributed by atoms with E-state index < -0.39 is 0 Å². The fraction of sp³-hybridized carbons (Fsp3) is 0.684. The SMILES string of the molecule is C=NN(/C=C(\C)CCN1C[C@@H](C=O)C2(CNC2)C1)CN(C)C/C=C\C. The van der Waals surface area contributed by atoms with Gasteiger partial charge in [0.15, 0.2) is 0 Å². The first-order valence-corrected chi connectivity index (χ1v) is 9.11. The maximum atomic E-state index is 11.4. The largest absolute Gasteiger partial charge is 0.315 e. The molecule has 0 unspecified atom stereocenters. The molecule has 0 saturated carbocycles. The summed E-state index contributed by atoms with van der Waals surface area (Å²) in [5.74, 6) is 0.185. The average molecular weight is 348 g/mol. The van der Waals surface area contributed by atoms with Crippen molar-refractivity contribution < 1.29 is 4.79 Å². The number of nitrogens with zero attached hydrogens (tertiary/aromatic N) is 4. The topological polar surface area (TPSA) is 51.2 Å². The highest BCUT2D eigenvalue weighted by atomic mass is 16.1. The zero-order valence-electron chi connectivity index (χ0n) is 15.9. The van der Waals surface area contributed by atoms with E-state index in [9.17, 15) is 4.79 Å². The van der Waals surface area contributed by atoms with Crippen molar-refractivity contribution in [2.45, 2.75) is 20.3 Å². The van der Waals surface area contributed by atoms with Crippen LogP contribution in [-0.4, -0.2) is 80.8 Å². The first-order valence-electron chi connectivity index (χ1n) is 9.11. The number of aldehydes is 1. The van der Waals surface area contributed by atoms with Crippen LogP contribution in [-0.2, 0) is 4.79 Å². The molecule has 2 saturated heterocycles. The second-order valence-electron chi connectivity index (χ2n) is 7.50. The first kappa shape index (κ1) is 19.8. The van der Waals surface area contributed by atoms with Crippen molar-refractivity contribution >= 4 is 13.0 Å². The zero-order chi connectivity index (χ0) is 18.3. The Kier molecular flexibility index (Phi) is 7.35. The van der Waals surface area contributed by atoms with Crippen molar-refractivity contribution in [3.63, 3.8) is 0 Å². The van der Waals surface area contributed by atoms with Gasteiger partial charge in [0.25, 0.3) is 0 Å². The number of carbonyl (C=O) groups excluding carboxylic acids is 1. The van der Waals surface area contributed by atoms with Gasteiger partial charge in [-0.3, -0.25) is 9.91 Å². The van der Waals surface area contributed by atoms with Crippen LogP contribution >= 0.6 is 0 Å². The van der Waals surface area contributed by atoms with Crippen LogP contribution in [0.4, 0.5) is 0 Å². The number of carbonyl (C=O) groups is 1.